The summed E-state index contributed by atoms with van der Waals surface area (Å²) >= 11 is 0. The lowest BCUT2D eigenvalue weighted by atomic mass is 9.92. The Morgan fingerprint density at radius 2 is 2.06 bits per heavy atom. The quantitative estimate of drug-likeness (QED) is 0.742. The van der Waals surface area contributed by atoms with Gasteiger partial charge in [-0.1, -0.05) is 19.6 Å². The van der Waals surface area contributed by atoms with Crippen LogP contribution in [-0.4, -0.2) is 31.7 Å². The Kier molecular flexibility index (Phi) is 5.06. The van der Waals surface area contributed by atoms with Crippen molar-refractivity contribution in [2.24, 2.45) is 0 Å². The third kappa shape index (κ3) is 5.71. The molecule has 16 heavy (non-hydrogen) atoms. The molecule has 0 atom stereocenters. The van der Waals surface area contributed by atoms with Gasteiger partial charge in [-0.25, -0.2) is 0 Å². The van der Waals surface area contributed by atoms with Crippen LogP contribution in [0, 0.1) is 12.1 Å². The van der Waals surface area contributed by atoms with Crippen LogP contribution in [-0.2, 0) is 0 Å². The molecule has 0 unspecified atom stereocenters. The number of hydrogen-bond donors (Lipinski definition) is 1. The first-order chi connectivity index (χ1) is 7.37. The zero-order chi connectivity index (χ0) is 12.2. The van der Waals surface area contributed by atoms with Crippen LogP contribution in [0.4, 0.5) is 0 Å². The van der Waals surface area contributed by atoms with Crippen molar-refractivity contribution in [3.8, 4) is 0 Å². The molecule has 1 aliphatic carbocycles. The van der Waals surface area contributed by atoms with Crippen LogP contribution in [0.1, 0.15) is 25.7 Å². The minimum absolute atomic E-state index is 0.568. The Morgan fingerprint density at radius 1 is 1.38 bits per heavy atom. The maximum atomic E-state index is 9.46. The normalized spacial score (nSPS) is 18.9. The predicted octanol–water partition coefficient (Wildman–Crippen LogP) is 3.55. The first-order valence-corrected chi connectivity index (χ1v) is 9.75. The Bertz CT molecular complexity index is 245. The van der Waals surface area contributed by atoms with E-state index >= 15 is 0 Å². The second kappa shape index (κ2) is 5.87. The highest BCUT2D eigenvalue weighted by Crippen LogP contribution is 2.26. The lowest BCUT2D eigenvalue weighted by molar-refractivity contribution is 0.364. The molecule has 2 radical (unpaired) electrons. The molecule has 0 aliphatic heterocycles. The number of allylic oxidation sites excluding steroid dienone is 2. The fraction of sp³-hybridized carbons (Fsp3) is 0.692. The summed E-state index contributed by atoms with van der Waals surface area (Å²) in [6, 6.07) is 0. The molecule has 0 amide bonds. The molecule has 0 saturated heterocycles. The minimum atomic E-state index is -1.09. The second-order valence-corrected chi connectivity index (χ2v) is 10.9. The first-order valence-electron chi connectivity index (χ1n) is 6.17. The molecule has 1 rings (SSSR count). The molecule has 0 saturated carbocycles. The highest BCUT2D eigenvalue weighted by molar-refractivity contribution is 6.79. The average Bonchev–Trinajstić information content (AvgIpc) is 2.12. The highest BCUT2D eigenvalue weighted by atomic mass is 28.3. The number of hydrogen-bond acceptors (Lipinski definition) is 2. The smallest absolute Gasteiger partial charge is 0.0888 e. The van der Waals surface area contributed by atoms with Crippen molar-refractivity contribution < 1.29 is 5.11 Å². The zero-order valence-electron chi connectivity index (χ0n) is 11.1. The molecule has 3 heteroatoms. The molecule has 0 aromatic carbocycles. The third-order valence-electron chi connectivity index (χ3n) is 2.69. The van der Waals surface area contributed by atoms with Crippen molar-refractivity contribution in [3.63, 3.8) is 0 Å². The van der Waals surface area contributed by atoms with Gasteiger partial charge in [0.15, 0.2) is 0 Å². The molecule has 92 valence electrons. The summed E-state index contributed by atoms with van der Waals surface area (Å²) in [6.07, 6.45) is 8.59. The summed E-state index contributed by atoms with van der Waals surface area (Å²) in [5, 5.41) is 9.46. The van der Waals surface area contributed by atoms with Gasteiger partial charge in [0.1, 0.15) is 0 Å². The monoisotopic (exact) mass is 239 g/mol. The molecule has 0 heterocycles. The van der Waals surface area contributed by atoms with E-state index in [9.17, 15) is 5.11 Å². The van der Waals surface area contributed by atoms with Crippen molar-refractivity contribution in [1.82, 2.24) is 4.90 Å². The number of aliphatic hydroxyl groups is 1. The number of aliphatic hydroxyl groups excluding tert-OH is 1. The number of nitrogens with zero attached hydrogens (tertiary/aromatic N) is 1. The Labute approximate surface area is 101 Å². The van der Waals surface area contributed by atoms with Gasteiger partial charge in [0.2, 0.25) is 0 Å². The van der Waals surface area contributed by atoms with Gasteiger partial charge < -0.3 is 10.0 Å². The Balaban J connectivity index is 2.26. The van der Waals surface area contributed by atoms with Gasteiger partial charge in [-0.2, -0.15) is 0 Å². The van der Waals surface area contributed by atoms with E-state index in [0.29, 0.717) is 5.76 Å². The van der Waals surface area contributed by atoms with Crippen LogP contribution in [0.2, 0.25) is 19.6 Å². The van der Waals surface area contributed by atoms with E-state index < -0.39 is 8.07 Å². The van der Waals surface area contributed by atoms with E-state index in [0.717, 1.165) is 32.2 Å². The van der Waals surface area contributed by atoms with Crippen LogP contribution in [0.15, 0.2) is 11.8 Å². The fourth-order valence-corrected chi connectivity index (χ4v) is 3.57. The molecule has 1 N–H and O–H groups in total. The highest BCUT2D eigenvalue weighted by Gasteiger charge is 2.18. The molecule has 0 spiro atoms. The van der Waals surface area contributed by atoms with Gasteiger partial charge in [0.25, 0.3) is 0 Å². The lowest BCUT2D eigenvalue weighted by Gasteiger charge is -2.26. The van der Waals surface area contributed by atoms with Gasteiger partial charge >= 0.3 is 0 Å². The van der Waals surface area contributed by atoms with Crippen LogP contribution >= 0.6 is 0 Å². The SMILES string of the molecule is CN([CH][Si](C)(C)C)CC[C]1C=C(O)CCC1. The Morgan fingerprint density at radius 3 is 2.62 bits per heavy atom. The van der Waals surface area contributed by atoms with Crippen LogP contribution < -0.4 is 0 Å². The molecule has 0 fully saturated rings. The van der Waals surface area contributed by atoms with Gasteiger partial charge in [-0.3, -0.25) is 0 Å². The van der Waals surface area contributed by atoms with Crippen molar-refractivity contribution in [2.45, 2.75) is 45.3 Å². The second-order valence-electron chi connectivity index (χ2n) is 5.87. The average molecular weight is 239 g/mol. The van der Waals surface area contributed by atoms with E-state index in [1.807, 2.05) is 6.08 Å². The summed E-state index contributed by atoms with van der Waals surface area (Å²) in [7, 11) is 1.06. The summed E-state index contributed by atoms with van der Waals surface area (Å²) < 4.78 is 0. The van der Waals surface area contributed by atoms with Gasteiger partial charge in [-0.05, 0) is 38.9 Å². The lowest BCUT2D eigenvalue weighted by Crippen LogP contribution is -2.33. The van der Waals surface area contributed by atoms with Crippen LogP contribution in [0.25, 0.3) is 0 Å². The molecule has 0 bridgehead atoms. The molecular weight excluding hydrogens is 214 g/mol. The van der Waals surface area contributed by atoms with E-state index in [1.165, 1.54) is 5.92 Å². The summed E-state index contributed by atoms with van der Waals surface area (Å²) in [4.78, 5) is 2.32. The van der Waals surface area contributed by atoms with Gasteiger partial charge in [0.05, 0.1) is 13.8 Å². The van der Waals surface area contributed by atoms with Crippen molar-refractivity contribution in [3.05, 3.63) is 23.9 Å². The van der Waals surface area contributed by atoms with E-state index in [1.54, 1.807) is 0 Å². The van der Waals surface area contributed by atoms with Gasteiger partial charge in [-0.15, -0.1) is 0 Å². The maximum absolute atomic E-state index is 9.46. The van der Waals surface area contributed by atoms with E-state index in [4.69, 9.17) is 0 Å². The van der Waals surface area contributed by atoms with Crippen molar-refractivity contribution in [1.29, 1.82) is 0 Å². The number of rotatable bonds is 5. The molecule has 0 aromatic heterocycles. The Hall–Kier alpha value is -0.283. The largest absolute Gasteiger partial charge is 0.513 e. The molecule has 0 aromatic rings. The molecule has 1 aliphatic rings. The fourth-order valence-electron chi connectivity index (χ4n) is 2.12. The van der Waals surface area contributed by atoms with Crippen molar-refractivity contribution >= 4 is 8.07 Å². The van der Waals surface area contributed by atoms with Crippen LogP contribution in [0.5, 0.6) is 0 Å². The molecule has 2 nitrogen and oxygen atoms in total. The third-order valence-corrected chi connectivity index (χ3v) is 3.91. The minimum Gasteiger partial charge on any atom is -0.513 e. The van der Waals surface area contributed by atoms with Crippen molar-refractivity contribution in [2.75, 3.05) is 13.6 Å². The summed E-state index contributed by atoms with van der Waals surface area (Å²) in [5.74, 6) is 1.97. The molecular formula is C13H25NOSi. The predicted molar refractivity (Wildman–Crippen MR) is 72.7 cm³/mol. The first kappa shape index (κ1) is 13.8. The summed E-state index contributed by atoms with van der Waals surface area (Å²) in [6.45, 7) is 8.12. The summed E-state index contributed by atoms with van der Waals surface area (Å²) in [5.41, 5.74) is 0. The maximum Gasteiger partial charge on any atom is 0.0888 e. The van der Waals surface area contributed by atoms with E-state index in [-0.39, 0.29) is 0 Å². The standard InChI is InChI=1S/C13H25NOSi/c1-14(11-16(2,3)4)9-8-12-6-5-7-13(15)10-12/h10-11,15H,5-9H2,1-4H3. The van der Waals surface area contributed by atoms with Gasteiger partial charge in [0, 0.05) is 18.5 Å². The zero-order valence-corrected chi connectivity index (χ0v) is 12.1. The van der Waals surface area contributed by atoms with Crippen LogP contribution in [0.3, 0.4) is 0 Å². The topological polar surface area (TPSA) is 23.5 Å². The van der Waals surface area contributed by atoms with E-state index in [2.05, 4.69) is 37.8 Å².